The molecule has 0 unspecified atom stereocenters. The molecule has 0 radical (unpaired) electrons. The third kappa shape index (κ3) is 5.26. The summed E-state index contributed by atoms with van der Waals surface area (Å²) in [5.41, 5.74) is 1.29. The molecule has 1 aromatic rings. The zero-order valence-corrected chi connectivity index (χ0v) is 13.5. The van der Waals surface area contributed by atoms with Crippen LogP contribution in [0.3, 0.4) is 0 Å². The Labute approximate surface area is 114 Å². The first kappa shape index (κ1) is 15.3. The fourth-order valence-corrected chi connectivity index (χ4v) is 5.64. The van der Waals surface area contributed by atoms with Gasteiger partial charge in [0.05, 0.1) is 0 Å². The van der Waals surface area contributed by atoms with Gasteiger partial charge in [-0.25, -0.2) is 0 Å². The number of benzene rings is 1. The van der Waals surface area contributed by atoms with Crippen molar-refractivity contribution in [2.24, 2.45) is 0 Å². The molecule has 0 aromatic heterocycles. The quantitative estimate of drug-likeness (QED) is 0.559. The monoisotopic (exact) mass is 264 g/mol. The van der Waals surface area contributed by atoms with Crippen LogP contribution in [0.4, 0.5) is 0 Å². The Morgan fingerprint density at radius 1 is 1.06 bits per heavy atom. The molecule has 102 valence electrons. The highest BCUT2D eigenvalue weighted by molar-refractivity contribution is 6.73. The number of hydrogen-bond donors (Lipinski definition) is 0. The van der Waals surface area contributed by atoms with E-state index < -0.39 is 8.32 Å². The number of aryl methyl sites for hydroxylation is 1. The van der Waals surface area contributed by atoms with Crippen molar-refractivity contribution in [1.82, 2.24) is 0 Å². The van der Waals surface area contributed by atoms with E-state index >= 15 is 0 Å². The summed E-state index contributed by atoms with van der Waals surface area (Å²) in [5.74, 6) is 1.08. The van der Waals surface area contributed by atoms with Gasteiger partial charge in [0.1, 0.15) is 5.75 Å². The Kier molecular flexibility index (Phi) is 6.48. The van der Waals surface area contributed by atoms with Crippen LogP contribution in [0.25, 0.3) is 0 Å². The van der Waals surface area contributed by atoms with Gasteiger partial charge in [0.2, 0.25) is 8.32 Å². The highest BCUT2D eigenvalue weighted by Crippen LogP contribution is 2.26. The largest absolute Gasteiger partial charge is 0.544 e. The maximum Gasteiger partial charge on any atom is 0.248 e. The Bertz CT molecular complexity index is 341. The van der Waals surface area contributed by atoms with Gasteiger partial charge in [0.25, 0.3) is 0 Å². The summed E-state index contributed by atoms with van der Waals surface area (Å²) in [5, 5.41) is 0. The highest BCUT2D eigenvalue weighted by atomic mass is 28.4. The summed E-state index contributed by atoms with van der Waals surface area (Å²) in [7, 11) is -1.56. The van der Waals surface area contributed by atoms with E-state index in [1.54, 1.807) is 0 Å². The van der Waals surface area contributed by atoms with E-state index in [-0.39, 0.29) is 0 Å². The second-order valence-corrected chi connectivity index (χ2v) is 9.68. The van der Waals surface area contributed by atoms with Gasteiger partial charge in [-0.2, -0.15) is 0 Å². The molecule has 0 amide bonds. The van der Waals surface area contributed by atoms with E-state index in [1.807, 2.05) is 0 Å². The Morgan fingerprint density at radius 2 is 1.67 bits per heavy atom. The molecular weight excluding hydrogens is 236 g/mol. The van der Waals surface area contributed by atoms with Gasteiger partial charge in [-0.15, -0.1) is 0 Å². The van der Waals surface area contributed by atoms with Crippen LogP contribution in [-0.2, 0) is 0 Å². The third-order valence-electron chi connectivity index (χ3n) is 3.47. The zero-order valence-electron chi connectivity index (χ0n) is 12.5. The second kappa shape index (κ2) is 7.62. The van der Waals surface area contributed by atoms with Gasteiger partial charge in [-0.3, -0.25) is 0 Å². The molecule has 0 atom stereocenters. The van der Waals surface area contributed by atoms with Crippen LogP contribution in [0.15, 0.2) is 24.3 Å². The van der Waals surface area contributed by atoms with E-state index in [0.717, 1.165) is 5.75 Å². The van der Waals surface area contributed by atoms with Crippen molar-refractivity contribution in [1.29, 1.82) is 0 Å². The smallest absolute Gasteiger partial charge is 0.248 e. The first-order chi connectivity index (χ1) is 8.59. The van der Waals surface area contributed by atoms with E-state index in [2.05, 4.69) is 51.6 Å². The standard InChI is InChI=1S/C16H28OSi/c1-5-7-12-18(4,13-8-6-2)17-16-11-9-10-15(3)14-16/h9-11,14H,5-8,12-13H2,1-4H3. The van der Waals surface area contributed by atoms with Crippen LogP contribution in [0.5, 0.6) is 5.75 Å². The fourth-order valence-electron chi connectivity index (χ4n) is 2.29. The van der Waals surface area contributed by atoms with Crippen molar-refractivity contribution in [3.63, 3.8) is 0 Å². The minimum Gasteiger partial charge on any atom is -0.544 e. The average molecular weight is 264 g/mol. The topological polar surface area (TPSA) is 9.23 Å². The van der Waals surface area contributed by atoms with Gasteiger partial charge in [0, 0.05) is 0 Å². The number of rotatable bonds is 8. The summed E-state index contributed by atoms with van der Waals surface area (Å²) < 4.78 is 6.43. The Balaban J connectivity index is 2.70. The first-order valence-corrected chi connectivity index (χ1v) is 10.2. The molecule has 0 aliphatic heterocycles. The molecular formula is C16H28OSi. The lowest BCUT2D eigenvalue weighted by Crippen LogP contribution is -2.37. The van der Waals surface area contributed by atoms with Crippen molar-refractivity contribution < 1.29 is 4.43 Å². The maximum absolute atomic E-state index is 6.43. The van der Waals surface area contributed by atoms with E-state index in [1.165, 1.54) is 43.3 Å². The molecule has 18 heavy (non-hydrogen) atoms. The van der Waals surface area contributed by atoms with Crippen LogP contribution >= 0.6 is 0 Å². The van der Waals surface area contributed by atoms with Gasteiger partial charge < -0.3 is 4.43 Å². The molecule has 0 bridgehead atoms. The summed E-state index contributed by atoms with van der Waals surface area (Å²) in [6, 6.07) is 11.1. The van der Waals surface area contributed by atoms with E-state index in [4.69, 9.17) is 4.43 Å². The summed E-state index contributed by atoms with van der Waals surface area (Å²) in [6.45, 7) is 9.06. The lowest BCUT2D eigenvalue weighted by molar-refractivity contribution is 0.526. The van der Waals surface area contributed by atoms with Crippen molar-refractivity contribution in [2.75, 3.05) is 0 Å². The molecule has 0 N–H and O–H groups in total. The summed E-state index contributed by atoms with van der Waals surface area (Å²) in [4.78, 5) is 0. The molecule has 0 spiro atoms. The molecule has 0 saturated heterocycles. The minimum atomic E-state index is -1.56. The van der Waals surface area contributed by atoms with Crippen LogP contribution in [0.1, 0.15) is 45.1 Å². The van der Waals surface area contributed by atoms with Crippen LogP contribution in [0, 0.1) is 6.92 Å². The lowest BCUT2D eigenvalue weighted by Gasteiger charge is -2.28. The van der Waals surface area contributed by atoms with Gasteiger partial charge in [0.15, 0.2) is 0 Å². The highest BCUT2D eigenvalue weighted by Gasteiger charge is 2.29. The predicted molar refractivity (Wildman–Crippen MR) is 82.9 cm³/mol. The van der Waals surface area contributed by atoms with Gasteiger partial charge >= 0.3 is 0 Å². The molecule has 0 aliphatic rings. The van der Waals surface area contributed by atoms with Crippen molar-refractivity contribution in [3.8, 4) is 5.75 Å². The second-order valence-electron chi connectivity index (χ2n) is 5.58. The fraction of sp³-hybridized carbons (Fsp3) is 0.625. The van der Waals surface area contributed by atoms with Crippen molar-refractivity contribution in [2.45, 2.75) is 65.1 Å². The van der Waals surface area contributed by atoms with Crippen molar-refractivity contribution >= 4 is 8.32 Å². The van der Waals surface area contributed by atoms with Crippen LogP contribution < -0.4 is 4.43 Å². The maximum atomic E-state index is 6.43. The SMILES string of the molecule is CCCC[Si](C)(CCCC)Oc1cccc(C)c1. The van der Waals surface area contributed by atoms with Crippen molar-refractivity contribution in [3.05, 3.63) is 29.8 Å². The number of hydrogen-bond acceptors (Lipinski definition) is 1. The summed E-state index contributed by atoms with van der Waals surface area (Å²) >= 11 is 0. The van der Waals surface area contributed by atoms with E-state index in [0.29, 0.717) is 0 Å². The Morgan fingerprint density at radius 3 is 2.17 bits per heavy atom. The van der Waals surface area contributed by atoms with Gasteiger partial charge in [-0.1, -0.05) is 51.7 Å². The average Bonchev–Trinajstić information content (AvgIpc) is 2.34. The molecule has 1 aromatic carbocycles. The summed E-state index contributed by atoms with van der Waals surface area (Å²) in [6.07, 6.45) is 5.15. The Hall–Kier alpha value is -0.763. The molecule has 1 nitrogen and oxygen atoms in total. The van der Waals surface area contributed by atoms with Gasteiger partial charge in [-0.05, 0) is 43.3 Å². The molecule has 2 heteroatoms. The number of unbranched alkanes of at least 4 members (excludes halogenated alkanes) is 2. The molecule has 0 aliphatic carbocycles. The zero-order chi connectivity index (χ0) is 13.4. The molecule has 0 heterocycles. The van der Waals surface area contributed by atoms with E-state index in [9.17, 15) is 0 Å². The lowest BCUT2D eigenvalue weighted by atomic mass is 10.2. The minimum absolute atomic E-state index is 1.08. The molecule has 1 rings (SSSR count). The third-order valence-corrected chi connectivity index (χ3v) is 7.02. The van der Waals surface area contributed by atoms with Crippen LogP contribution in [0.2, 0.25) is 18.6 Å². The molecule has 0 saturated carbocycles. The first-order valence-electron chi connectivity index (χ1n) is 7.35. The molecule has 0 fully saturated rings. The predicted octanol–water partition coefficient (Wildman–Crippen LogP) is 5.55. The van der Waals surface area contributed by atoms with Crippen LogP contribution in [-0.4, -0.2) is 8.32 Å². The normalized spacial score (nSPS) is 11.6.